The molecule has 2 fully saturated rings. The van der Waals surface area contributed by atoms with Crippen molar-refractivity contribution in [3.05, 3.63) is 88.5 Å². The van der Waals surface area contributed by atoms with Gasteiger partial charge in [0, 0.05) is 41.3 Å². The number of nitrogens with zero attached hydrogens (tertiary/aromatic N) is 1. The molecule has 1 amide bonds. The normalized spacial score (nSPS) is 25.2. The van der Waals surface area contributed by atoms with Crippen molar-refractivity contribution in [1.82, 2.24) is 4.98 Å². The number of nitrogens with one attached hydrogen (secondary N) is 1. The van der Waals surface area contributed by atoms with Crippen molar-refractivity contribution in [3.63, 3.8) is 0 Å². The lowest BCUT2D eigenvalue weighted by molar-refractivity contribution is -0.0649. The van der Waals surface area contributed by atoms with E-state index in [0.29, 0.717) is 30.5 Å². The number of amides is 1. The highest BCUT2D eigenvalue weighted by molar-refractivity contribution is 7.92. The number of hydrogen-bond acceptors (Lipinski definition) is 5. The van der Waals surface area contributed by atoms with Crippen LogP contribution in [0, 0.1) is 29.3 Å². The number of hydrogen-bond donors (Lipinski definition) is 2. The van der Waals surface area contributed by atoms with Gasteiger partial charge in [0.2, 0.25) is 0 Å². The van der Waals surface area contributed by atoms with Crippen LogP contribution in [0.5, 0.6) is 0 Å². The van der Waals surface area contributed by atoms with E-state index in [1.54, 1.807) is 24.5 Å². The Balaban J connectivity index is 1.41. The Hall–Kier alpha value is -2.95. The van der Waals surface area contributed by atoms with E-state index < -0.39 is 44.0 Å². The summed E-state index contributed by atoms with van der Waals surface area (Å²) in [5.41, 5.74) is -0.937. The Morgan fingerprint density at radius 3 is 2.30 bits per heavy atom. The molecule has 2 aliphatic carbocycles. The summed E-state index contributed by atoms with van der Waals surface area (Å²) < 4.78 is 67.6. The topological polar surface area (TPSA) is 96.4 Å². The smallest absolute Gasteiger partial charge is 0.255 e. The lowest BCUT2D eigenvalue weighted by Gasteiger charge is -2.42. The predicted octanol–water partition coefficient (Wildman–Crippen LogP) is 5.25. The van der Waals surface area contributed by atoms with Gasteiger partial charge >= 0.3 is 0 Å². The maximum absolute atomic E-state index is 13.7. The van der Waals surface area contributed by atoms with Gasteiger partial charge in [0.15, 0.2) is 27.3 Å². The Morgan fingerprint density at radius 2 is 1.70 bits per heavy atom. The first-order valence-electron chi connectivity index (χ1n) is 11.6. The monoisotopic (exact) mass is 550 g/mol. The van der Waals surface area contributed by atoms with Crippen molar-refractivity contribution in [2.24, 2.45) is 11.8 Å². The molecule has 0 spiro atoms. The molecule has 2 N–H and O–H groups in total. The number of sulfone groups is 1. The van der Waals surface area contributed by atoms with Crippen molar-refractivity contribution in [2.75, 3.05) is 5.32 Å². The summed E-state index contributed by atoms with van der Waals surface area (Å²) in [4.78, 5) is 16.6. The average Bonchev–Trinajstić information content (AvgIpc) is 3.04. The first kappa shape index (κ1) is 25.7. The Bertz CT molecular complexity index is 1450. The number of fused-ring (bicyclic) bond motifs is 2. The van der Waals surface area contributed by atoms with Crippen LogP contribution in [0.4, 0.5) is 18.9 Å². The van der Waals surface area contributed by atoms with E-state index in [1.165, 1.54) is 12.1 Å². The molecule has 6 nitrogen and oxygen atoms in total. The van der Waals surface area contributed by atoms with E-state index in [9.17, 15) is 31.5 Å². The van der Waals surface area contributed by atoms with E-state index in [4.69, 9.17) is 11.6 Å². The molecule has 5 rings (SSSR count). The number of carbonyl (C=O) groups is 1. The fourth-order valence-electron chi connectivity index (χ4n) is 5.70. The molecule has 2 saturated carbocycles. The Kier molecular flexibility index (Phi) is 6.54. The summed E-state index contributed by atoms with van der Waals surface area (Å²) in [6, 6.07) is 8.42. The number of pyridine rings is 1. The molecule has 3 aromatic rings. The highest BCUT2D eigenvalue weighted by Crippen LogP contribution is 2.56. The molecule has 2 aliphatic rings. The molecule has 0 saturated heterocycles. The van der Waals surface area contributed by atoms with Crippen molar-refractivity contribution < 1.29 is 31.5 Å². The van der Waals surface area contributed by atoms with Crippen molar-refractivity contribution in [2.45, 2.75) is 41.4 Å². The molecule has 0 aliphatic heterocycles. The predicted molar refractivity (Wildman–Crippen MR) is 130 cm³/mol. The van der Waals surface area contributed by atoms with Crippen LogP contribution in [0.3, 0.4) is 0 Å². The van der Waals surface area contributed by atoms with Crippen LogP contribution in [0.1, 0.15) is 41.6 Å². The largest absolute Gasteiger partial charge is 0.385 e. The van der Waals surface area contributed by atoms with Gasteiger partial charge < -0.3 is 10.4 Å². The zero-order chi connectivity index (χ0) is 26.5. The van der Waals surface area contributed by atoms with Gasteiger partial charge in [0.1, 0.15) is 0 Å². The van der Waals surface area contributed by atoms with Gasteiger partial charge in [-0.2, -0.15) is 0 Å². The minimum absolute atomic E-state index is 0.0733. The van der Waals surface area contributed by atoms with Crippen LogP contribution in [0.2, 0.25) is 5.02 Å². The highest BCUT2D eigenvalue weighted by Gasteiger charge is 2.56. The van der Waals surface area contributed by atoms with Crippen molar-refractivity contribution in [3.8, 4) is 0 Å². The number of aromatic nitrogens is 1. The zero-order valence-corrected chi connectivity index (χ0v) is 20.9. The SMILES string of the molecule is O=C(Nc1cc(F)c(F)c(F)c1)c1ccc(Cl)c(S(=O)(=O)[C@@H]2CC3CC[C@@H](C2)[C@@]3(O)c2cccnc2)c1. The summed E-state index contributed by atoms with van der Waals surface area (Å²) in [6.45, 7) is 0. The molecule has 1 heterocycles. The van der Waals surface area contributed by atoms with Crippen LogP contribution in [0.25, 0.3) is 0 Å². The van der Waals surface area contributed by atoms with Crippen LogP contribution in [-0.2, 0) is 15.4 Å². The third-order valence-corrected chi connectivity index (χ3v) is 10.2. The first-order chi connectivity index (χ1) is 17.5. The van der Waals surface area contributed by atoms with E-state index in [0.717, 1.165) is 6.07 Å². The van der Waals surface area contributed by atoms with Crippen LogP contribution >= 0.6 is 11.6 Å². The second kappa shape index (κ2) is 9.41. The number of carbonyl (C=O) groups excluding carboxylic acids is 1. The molecule has 2 aromatic carbocycles. The average molecular weight is 551 g/mol. The number of rotatable bonds is 5. The molecule has 194 valence electrons. The van der Waals surface area contributed by atoms with Crippen LogP contribution in [0.15, 0.2) is 59.8 Å². The third-order valence-electron chi connectivity index (χ3n) is 7.51. The minimum Gasteiger partial charge on any atom is -0.385 e. The van der Waals surface area contributed by atoms with Gasteiger partial charge in [-0.05, 0) is 61.8 Å². The minimum atomic E-state index is -4.01. The second-order valence-corrected chi connectivity index (χ2v) is 12.1. The molecule has 37 heavy (non-hydrogen) atoms. The maximum atomic E-state index is 13.7. The maximum Gasteiger partial charge on any atom is 0.255 e. The standard InChI is InChI=1S/C26H22ClF3N2O4S/c27-20-6-3-14(25(33)32-18-11-21(28)24(30)22(29)12-18)8-23(20)37(35,36)19-9-15-4-5-16(10-19)26(15,34)17-2-1-7-31-13-17/h1-3,6-8,11-13,15-16,19,34H,4-5,9-10H2,(H,32,33)/t15-,16?,19-,26-/m0/s1. The van der Waals surface area contributed by atoms with Gasteiger partial charge in [-0.15, -0.1) is 0 Å². The van der Waals surface area contributed by atoms with Crippen molar-refractivity contribution in [1.29, 1.82) is 0 Å². The van der Waals surface area contributed by atoms with Gasteiger partial charge in [-0.1, -0.05) is 17.7 Å². The Labute approximate surface area is 216 Å². The molecule has 1 aromatic heterocycles. The molecule has 0 radical (unpaired) electrons. The molecule has 2 bridgehead atoms. The summed E-state index contributed by atoms with van der Waals surface area (Å²) in [5, 5.41) is 12.9. The summed E-state index contributed by atoms with van der Waals surface area (Å²) >= 11 is 6.25. The zero-order valence-electron chi connectivity index (χ0n) is 19.3. The van der Waals surface area contributed by atoms with Gasteiger partial charge in [-0.3, -0.25) is 9.78 Å². The molecule has 11 heteroatoms. The number of aliphatic hydroxyl groups is 1. The third kappa shape index (κ3) is 4.41. The summed E-state index contributed by atoms with van der Waals surface area (Å²) in [5.74, 6) is -6.06. The fraction of sp³-hybridized carbons (Fsp3) is 0.308. The van der Waals surface area contributed by atoms with E-state index in [2.05, 4.69) is 10.3 Å². The Morgan fingerprint density at radius 1 is 1.05 bits per heavy atom. The van der Waals surface area contributed by atoms with Crippen LogP contribution < -0.4 is 5.32 Å². The quantitative estimate of drug-likeness (QED) is 0.423. The van der Waals surface area contributed by atoms with E-state index in [-0.39, 0.29) is 45.8 Å². The summed E-state index contributed by atoms with van der Waals surface area (Å²) in [7, 11) is -4.01. The van der Waals surface area contributed by atoms with Crippen molar-refractivity contribution >= 4 is 33.0 Å². The molecular weight excluding hydrogens is 529 g/mol. The van der Waals surface area contributed by atoms with E-state index in [1.807, 2.05) is 0 Å². The lowest BCUT2D eigenvalue weighted by atomic mass is 9.71. The molecule has 1 unspecified atom stereocenters. The van der Waals surface area contributed by atoms with Gasteiger partial charge in [0.25, 0.3) is 5.91 Å². The van der Waals surface area contributed by atoms with Crippen LogP contribution in [-0.4, -0.2) is 29.7 Å². The lowest BCUT2D eigenvalue weighted by Crippen LogP contribution is -2.46. The number of benzene rings is 2. The second-order valence-electron chi connectivity index (χ2n) is 9.53. The van der Waals surface area contributed by atoms with E-state index >= 15 is 0 Å². The fourth-order valence-corrected chi connectivity index (χ4v) is 8.10. The molecular formula is C26H22ClF3N2O4S. The first-order valence-corrected chi connectivity index (χ1v) is 13.6. The number of anilines is 1. The molecule has 4 atom stereocenters. The summed E-state index contributed by atoms with van der Waals surface area (Å²) in [6.07, 6.45) is 4.99. The van der Waals surface area contributed by atoms with Gasteiger partial charge in [-0.25, -0.2) is 21.6 Å². The van der Waals surface area contributed by atoms with Gasteiger partial charge in [0.05, 0.1) is 20.8 Å². The number of halogens is 4. The highest BCUT2D eigenvalue weighted by atomic mass is 35.5.